The number of rotatable bonds is 7. The van der Waals surface area contributed by atoms with Gasteiger partial charge in [0.25, 0.3) is 5.69 Å². The molecular weight excluding hydrogens is 394 g/mol. The minimum Gasteiger partial charge on any atom is -0.497 e. The van der Waals surface area contributed by atoms with Crippen LogP contribution in [-0.4, -0.2) is 59.4 Å². The van der Waals surface area contributed by atoms with Gasteiger partial charge in [-0.25, -0.2) is 8.42 Å². The highest BCUT2D eigenvalue weighted by atomic mass is 32.2. The molecule has 9 heteroatoms. The van der Waals surface area contributed by atoms with E-state index in [-0.39, 0.29) is 10.6 Å². The minimum absolute atomic E-state index is 0.0308. The molecule has 3 rings (SSSR count). The zero-order valence-electron chi connectivity index (χ0n) is 16.6. The van der Waals surface area contributed by atoms with E-state index < -0.39 is 14.8 Å². The van der Waals surface area contributed by atoms with Crippen LogP contribution in [-0.2, 0) is 16.3 Å². The molecule has 8 nitrogen and oxygen atoms in total. The van der Waals surface area contributed by atoms with Crippen LogP contribution >= 0.6 is 0 Å². The third-order valence-corrected chi connectivity index (χ3v) is 6.42. The Hall–Kier alpha value is -2.65. The molecule has 1 saturated heterocycles. The maximum absolute atomic E-state index is 11.7. The fourth-order valence-corrected chi connectivity index (χ4v) is 4.22. The van der Waals surface area contributed by atoms with Crippen molar-refractivity contribution in [2.24, 2.45) is 0 Å². The number of anilines is 1. The molecule has 0 saturated carbocycles. The Morgan fingerprint density at radius 1 is 1.14 bits per heavy atom. The first kappa shape index (κ1) is 21.1. The fourth-order valence-electron chi connectivity index (χ4n) is 3.57. The van der Waals surface area contributed by atoms with Crippen molar-refractivity contribution in [2.75, 3.05) is 51.0 Å². The lowest BCUT2D eigenvalue weighted by molar-refractivity contribution is -0.900. The van der Waals surface area contributed by atoms with Crippen LogP contribution in [0.1, 0.15) is 5.56 Å². The average Bonchev–Trinajstić information content (AvgIpc) is 2.72. The highest BCUT2D eigenvalue weighted by Gasteiger charge is 2.27. The Labute approximate surface area is 170 Å². The number of nitrogens with one attached hydrogen (secondary N) is 1. The molecule has 156 valence electrons. The SMILES string of the molecule is COc1ccc(CC[NH+]2CCN(c3ccc(S(C)(=O)=O)cc3[N+](=O)[O-])CC2)cc1. The van der Waals surface area contributed by atoms with Gasteiger partial charge in [0, 0.05) is 18.7 Å². The lowest BCUT2D eigenvalue weighted by Crippen LogP contribution is -3.15. The second kappa shape index (κ2) is 8.79. The molecule has 0 spiro atoms. The van der Waals surface area contributed by atoms with Crippen molar-refractivity contribution in [2.45, 2.75) is 11.3 Å². The minimum atomic E-state index is -3.49. The summed E-state index contributed by atoms with van der Waals surface area (Å²) in [6.07, 6.45) is 2.01. The van der Waals surface area contributed by atoms with Gasteiger partial charge in [0.05, 0.1) is 49.7 Å². The summed E-state index contributed by atoms with van der Waals surface area (Å²) >= 11 is 0. The highest BCUT2D eigenvalue weighted by Crippen LogP contribution is 2.30. The van der Waals surface area contributed by atoms with E-state index in [1.165, 1.54) is 16.5 Å². The van der Waals surface area contributed by atoms with Crippen molar-refractivity contribution in [3.05, 3.63) is 58.1 Å². The normalized spacial score (nSPS) is 15.3. The molecule has 2 aromatic carbocycles. The number of ether oxygens (including phenoxy) is 1. The quantitative estimate of drug-likeness (QED) is 0.530. The van der Waals surface area contributed by atoms with Gasteiger partial charge in [0.2, 0.25) is 0 Å². The molecular formula is C20H26N3O5S+. The summed E-state index contributed by atoms with van der Waals surface area (Å²) in [7, 11) is -1.84. The van der Waals surface area contributed by atoms with Gasteiger partial charge in [-0.05, 0) is 29.8 Å². The number of piperazine rings is 1. The van der Waals surface area contributed by atoms with Crippen LogP contribution in [0.5, 0.6) is 5.75 Å². The molecule has 0 radical (unpaired) electrons. The van der Waals surface area contributed by atoms with Crippen LogP contribution in [0.2, 0.25) is 0 Å². The van der Waals surface area contributed by atoms with Crippen molar-refractivity contribution in [3.8, 4) is 5.75 Å². The van der Waals surface area contributed by atoms with Crippen LogP contribution in [0.25, 0.3) is 0 Å². The monoisotopic (exact) mass is 420 g/mol. The molecule has 1 heterocycles. The molecule has 0 bridgehead atoms. The molecule has 0 atom stereocenters. The summed E-state index contributed by atoms with van der Waals surface area (Å²) in [5, 5.41) is 11.5. The van der Waals surface area contributed by atoms with Crippen molar-refractivity contribution in [1.29, 1.82) is 0 Å². The number of sulfone groups is 1. The van der Waals surface area contributed by atoms with Gasteiger partial charge in [0.1, 0.15) is 11.4 Å². The van der Waals surface area contributed by atoms with Crippen LogP contribution in [0.15, 0.2) is 47.4 Å². The van der Waals surface area contributed by atoms with Crippen LogP contribution in [0.4, 0.5) is 11.4 Å². The van der Waals surface area contributed by atoms with Crippen molar-refractivity contribution in [3.63, 3.8) is 0 Å². The summed E-state index contributed by atoms with van der Waals surface area (Å²) < 4.78 is 28.6. The summed E-state index contributed by atoms with van der Waals surface area (Å²) in [6, 6.07) is 12.2. The van der Waals surface area contributed by atoms with E-state index in [1.807, 2.05) is 17.0 Å². The number of methoxy groups -OCH3 is 1. The third kappa shape index (κ3) is 5.24. The third-order valence-electron chi connectivity index (χ3n) is 5.31. The van der Waals surface area contributed by atoms with Crippen LogP contribution in [0.3, 0.4) is 0 Å². The summed E-state index contributed by atoms with van der Waals surface area (Å²) in [5.41, 5.74) is 1.58. The smallest absolute Gasteiger partial charge is 0.293 e. The molecule has 0 unspecified atom stereocenters. The van der Waals surface area contributed by atoms with E-state index in [0.717, 1.165) is 44.1 Å². The van der Waals surface area contributed by atoms with E-state index >= 15 is 0 Å². The van der Waals surface area contributed by atoms with Crippen molar-refractivity contribution < 1.29 is 23.0 Å². The molecule has 0 aromatic heterocycles. The molecule has 1 N–H and O–H groups in total. The summed E-state index contributed by atoms with van der Waals surface area (Å²) in [6.45, 7) is 4.13. The summed E-state index contributed by atoms with van der Waals surface area (Å²) in [4.78, 5) is 14.4. The standard InChI is InChI=1S/C20H25N3O5S/c1-28-17-5-3-16(4-6-17)9-10-21-11-13-22(14-12-21)19-8-7-18(29(2,26)27)15-20(19)23(24)25/h3-8,15H,9-14H2,1-2H3/p+1. The summed E-state index contributed by atoms with van der Waals surface area (Å²) in [5.74, 6) is 0.846. The second-order valence-corrected chi connectivity index (χ2v) is 9.28. The first-order valence-electron chi connectivity index (χ1n) is 9.48. The van der Waals surface area contributed by atoms with E-state index in [0.29, 0.717) is 18.8 Å². The van der Waals surface area contributed by atoms with Gasteiger partial charge >= 0.3 is 0 Å². The predicted octanol–water partition coefficient (Wildman–Crippen LogP) is 0.955. The number of benzene rings is 2. The number of hydrogen-bond acceptors (Lipinski definition) is 6. The first-order valence-corrected chi connectivity index (χ1v) is 11.4. The maximum Gasteiger partial charge on any atom is 0.293 e. The number of quaternary nitrogens is 1. The van der Waals surface area contributed by atoms with E-state index in [2.05, 4.69) is 12.1 Å². The molecule has 1 aliphatic rings. The van der Waals surface area contributed by atoms with Gasteiger partial charge < -0.3 is 14.5 Å². The lowest BCUT2D eigenvalue weighted by atomic mass is 10.1. The number of nitro groups is 1. The van der Waals surface area contributed by atoms with Crippen LogP contribution in [0, 0.1) is 10.1 Å². The average molecular weight is 421 g/mol. The maximum atomic E-state index is 11.7. The first-order chi connectivity index (χ1) is 13.8. The molecule has 1 fully saturated rings. The predicted molar refractivity (Wildman–Crippen MR) is 111 cm³/mol. The largest absolute Gasteiger partial charge is 0.497 e. The Balaban J connectivity index is 1.62. The molecule has 0 amide bonds. The van der Waals surface area contributed by atoms with Gasteiger partial charge in [-0.1, -0.05) is 12.1 Å². The Kier molecular flexibility index (Phi) is 6.39. The number of nitrogens with zero attached hydrogens (tertiary/aromatic N) is 2. The number of hydrogen-bond donors (Lipinski definition) is 1. The Bertz CT molecular complexity index is 968. The van der Waals surface area contributed by atoms with E-state index in [9.17, 15) is 18.5 Å². The molecule has 2 aromatic rings. The van der Waals surface area contributed by atoms with Crippen LogP contribution < -0.4 is 14.5 Å². The van der Waals surface area contributed by atoms with Gasteiger partial charge in [-0.3, -0.25) is 10.1 Å². The lowest BCUT2D eigenvalue weighted by Gasteiger charge is -2.33. The topological polar surface area (TPSA) is 94.2 Å². The van der Waals surface area contributed by atoms with Crippen molar-refractivity contribution in [1.82, 2.24) is 0 Å². The Morgan fingerprint density at radius 3 is 2.34 bits per heavy atom. The zero-order valence-corrected chi connectivity index (χ0v) is 17.4. The van der Waals surface area contributed by atoms with E-state index in [4.69, 9.17) is 4.74 Å². The fraction of sp³-hybridized carbons (Fsp3) is 0.400. The Morgan fingerprint density at radius 2 is 1.79 bits per heavy atom. The molecule has 1 aliphatic heterocycles. The molecule has 29 heavy (non-hydrogen) atoms. The molecule has 0 aliphatic carbocycles. The zero-order chi connectivity index (χ0) is 21.0. The highest BCUT2D eigenvalue weighted by molar-refractivity contribution is 7.90. The van der Waals surface area contributed by atoms with Gasteiger partial charge in [0.15, 0.2) is 9.84 Å². The second-order valence-electron chi connectivity index (χ2n) is 7.26. The van der Waals surface area contributed by atoms with Crippen molar-refractivity contribution >= 4 is 21.2 Å². The van der Waals surface area contributed by atoms with Gasteiger partial charge in [-0.15, -0.1) is 0 Å². The number of nitro benzene ring substituents is 1. The van der Waals surface area contributed by atoms with E-state index in [1.54, 1.807) is 13.2 Å². The van der Waals surface area contributed by atoms with Gasteiger partial charge in [-0.2, -0.15) is 0 Å².